The highest BCUT2D eigenvalue weighted by molar-refractivity contribution is 6.10. The van der Waals surface area contributed by atoms with Crippen LogP contribution in [0.15, 0.2) is 83.4 Å². The van der Waals surface area contributed by atoms with Gasteiger partial charge in [0, 0.05) is 18.1 Å². The Balaban J connectivity index is 1.84. The van der Waals surface area contributed by atoms with Gasteiger partial charge in [0.05, 0.1) is 6.26 Å². The first-order valence-corrected chi connectivity index (χ1v) is 7.55. The van der Waals surface area contributed by atoms with E-state index in [1.807, 2.05) is 18.2 Å². The van der Waals surface area contributed by atoms with E-state index in [2.05, 4.69) is 15.6 Å². The van der Waals surface area contributed by atoms with Crippen molar-refractivity contribution in [2.24, 2.45) is 0 Å². The van der Waals surface area contributed by atoms with Crippen LogP contribution in [0.3, 0.4) is 0 Å². The van der Waals surface area contributed by atoms with Gasteiger partial charge in [-0.05, 0) is 42.0 Å². The Morgan fingerprint density at radius 1 is 1.00 bits per heavy atom. The van der Waals surface area contributed by atoms with Crippen molar-refractivity contribution >= 4 is 23.6 Å². The molecule has 0 radical (unpaired) electrons. The molecule has 1 aromatic carbocycles. The number of benzene rings is 1. The number of anilines is 1. The molecule has 0 aliphatic heterocycles. The van der Waals surface area contributed by atoms with E-state index >= 15 is 0 Å². The van der Waals surface area contributed by atoms with Gasteiger partial charge < -0.3 is 15.1 Å². The third-order valence-corrected chi connectivity index (χ3v) is 3.26. The molecule has 6 heteroatoms. The molecule has 2 N–H and O–H groups in total. The van der Waals surface area contributed by atoms with Gasteiger partial charge >= 0.3 is 0 Å². The second kappa shape index (κ2) is 7.74. The van der Waals surface area contributed by atoms with Crippen molar-refractivity contribution in [3.05, 3.63) is 90.3 Å². The zero-order chi connectivity index (χ0) is 17.5. The molecule has 0 spiro atoms. The van der Waals surface area contributed by atoms with Crippen molar-refractivity contribution in [2.45, 2.75) is 0 Å². The number of nitrogens with one attached hydrogen (secondary N) is 2. The van der Waals surface area contributed by atoms with Crippen LogP contribution in [0.25, 0.3) is 6.08 Å². The Labute approximate surface area is 144 Å². The molecule has 3 aromatic rings. The summed E-state index contributed by atoms with van der Waals surface area (Å²) in [7, 11) is 0. The molecule has 0 saturated carbocycles. The molecule has 25 heavy (non-hydrogen) atoms. The van der Waals surface area contributed by atoms with Gasteiger partial charge in [-0.3, -0.25) is 14.6 Å². The summed E-state index contributed by atoms with van der Waals surface area (Å²) in [5, 5.41) is 5.32. The molecule has 2 amide bonds. The molecule has 2 heterocycles. The highest BCUT2D eigenvalue weighted by atomic mass is 16.3. The van der Waals surface area contributed by atoms with Gasteiger partial charge in [-0.15, -0.1) is 0 Å². The molecule has 0 unspecified atom stereocenters. The summed E-state index contributed by atoms with van der Waals surface area (Å²) in [4.78, 5) is 28.8. The average Bonchev–Trinajstić information content (AvgIpc) is 3.18. The molecule has 6 nitrogen and oxygen atoms in total. The largest absolute Gasteiger partial charge is 0.459 e. The van der Waals surface area contributed by atoms with E-state index in [-0.39, 0.29) is 11.5 Å². The number of carbonyl (C=O) groups excluding carboxylic acids is 2. The minimum atomic E-state index is -0.511. The standard InChI is InChI=1S/C19H15N3O3/c23-18(21-15-7-2-1-3-8-15)16(12-14-6-4-10-20-13-14)22-19(24)17-9-5-11-25-17/h1-13H,(H,21,23)(H,22,24)/b16-12-. The van der Waals surface area contributed by atoms with Crippen LogP contribution >= 0.6 is 0 Å². The van der Waals surface area contributed by atoms with Crippen LogP contribution in [0.5, 0.6) is 0 Å². The summed E-state index contributed by atoms with van der Waals surface area (Å²) in [5.41, 5.74) is 1.38. The first-order chi connectivity index (χ1) is 12.2. The van der Waals surface area contributed by atoms with Crippen molar-refractivity contribution in [3.8, 4) is 0 Å². The number of hydrogen-bond donors (Lipinski definition) is 2. The predicted octanol–water partition coefficient (Wildman–Crippen LogP) is 3.08. The zero-order valence-electron chi connectivity index (χ0n) is 13.2. The Morgan fingerprint density at radius 2 is 1.84 bits per heavy atom. The van der Waals surface area contributed by atoms with Gasteiger partial charge in [-0.1, -0.05) is 24.3 Å². The van der Waals surface area contributed by atoms with Crippen molar-refractivity contribution in [3.63, 3.8) is 0 Å². The normalized spacial score (nSPS) is 11.0. The Kier molecular flexibility index (Phi) is 5.01. The van der Waals surface area contributed by atoms with Crippen molar-refractivity contribution in [1.82, 2.24) is 10.3 Å². The minimum Gasteiger partial charge on any atom is -0.459 e. The molecule has 0 aliphatic rings. The Morgan fingerprint density at radius 3 is 2.52 bits per heavy atom. The summed E-state index contributed by atoms with van der Waals surface area (Å²) >= 11 is 0. The topological polar surface area (TPSA) is 84.2 Å². The Hall–Kier alpha value is -3.67. The SMILES string of the molecule is O=C(Nc1ccccc1)/C(=C/c1cccnc1)NC(=O)c1ccco1. The van der Waals surface area contributed by atoms with E-state index in [0.717, 1.165) is 0 Å². The van der Waals surface area contributed by atoms with Crippen LogP contribution in [-0.4, -0.2) is 16.8 Å². The fourth-order valence-corrected chi connectivity index (χ4v) is 2.10. The fourth-order valence-electron chi connectivity index (χ4n) is 2.10. The molecule has 0 saturated heterocycles. The lowest BCUT2D eigenvalue weighted by molar-refractivity contribution is -0.113. The monoisotopic (exact) mass is 333 g/mol. The molecule has 0 aliphatic carbocycles. The summed E-state index contributed by atoms with van der Waals surface area (Å²) < 4.78 is 5.06. The molecule has 3 rings (SSSR count). The number of nitrogens with zero attached hydrogens (tertiary/aromatic N) is 1. The number of carbonyl (C=O) groups is 2. The van der Waals surface area contributed by atoms with Gasteiger partial charge in [0.2, 0.25) is 0 Å². The van der Waals surface area contributed by atoms with Gasteiger partial charge in [-0.2, -0.15) is 0 Å². The molecule has 0 fully saturated rings. The van der Waals surface area contributed by atoms with Crippen molar-refractivity contribution in [1.29, 1.82) is 0 Å². The smallest absolute Gasteiger partial charge is 0.291 e. The van der Waals surface area contributed by atoms with Crippen LogP contribution in [0.4, 0.5) is 5.69 Å². The summed E-state index contributed by atoms with van der Waals surface area (Å²) in [6, 6.07) is 15.6. The number of amides is 2. The van der Waals surface area contributed by atoms with Crippen molar-refractivity contribution in [2.75, 3.05) is 5.32 Å². The molecule has 0 atom stereocenters. The highest BCUT2D eigenvalue weighted by Gasteiger charge is 2.16. The van der Waals surface area contributed by atoms with Gasteiger partial charge in [0.15, 0.2) is 5.76 Å². The fraction of sp³-hybridized carbons (Fsp3) is 0. The quantitative estimate of drug-likeness (QED) is 0.703. The summed E-state index contributed by atoms with van der Waals surface area (Å²) in [5.74, 6) is -0.845. The number of hydrogen-bond acceptors (Lipinski definition) is 4. The van der Waals surface area contributed by atoms with Gasteiger partial charge in [-0.25, -0.2) is 0 Å². The van der Waals surface area contributed by atoms with Crippen LogP contribution in [0.1, 0.15) is 16.1 Å². The lowest BCUT2D eigenvalue weighted by Crippen LogP contribution is -2.30. The van der Waals surface area contributed by atoms with E-state index in [1.54, 1.807) is 48.8 Å². The van der Waals surface area contributed by atoms with Crippen LogP contribution in [-0.2, 0) is 4.79 Å². The number of aromatic nitrogens is 1. The lowest BCUT2D eigenvalue weighted by Gasteiger charge is -2.10. The van der Waals surface area contributed by atoms with E-state index in [4.69, 9.17) is 4.42 Å². The summed E-state index contributed by atoms with van der Waals surface area (Å²) in [6.07, 6.45) is 6.16. The van der Waals surface area contributed by atoms with Crippen LogP contribution < -0.4 is 10.6 Å². The van der Waals surface area contributed by atoms with Gasteiger partial charge in [0.25, 0.3) is 11.8 Å². The van der Waals surface area contributed by atoms with E-state index < -0.39 is 11.8 Å². The second-order valence-corrected chi connectivity index (χ2v) is 5.10. The average molecular weight is 333 g/mol. The lowest BCUT2D eigenvalue weighted by atomic mass is 10.2. The maximum atomic E-state index is 12.6. The molecule has 0 bridgehead atoms. The minimum absolute atomic E-state index is 0.0817. The summed E-state index contributed by atoms with van der Waals surface area (Å²) in [6.45, 7) is 0. The van der Waals surface area contributed by atoms with Crippen LogP contribution in [0, 0.1) is 0 Å². The predicted molar refractivity (Wildman–Crippen MR) is 93.5 cm³/mol. The van der Waals surface area contributed by atoms with Gasteiger partial charge in [0.1, 0.15) is 5.70 Å². The Bertz CT molecular complexity index is 873. The van der Waals surface area contributed by atoms with E-state index in [1.165, 1.54) is 12.3 Å². The van der Waals surface area contributed by atoms with Crippen LogP contribution in [0.2, 0.25) is 0 Å². The second-order valence-electron chi connectivity index (χ2n) is 5.10. The third-order valence-electron chi connectivity index (χ3n) is 3.26. The molecular formula is C19H15N3O3. The zero-order valence-corrected chi connectivity index (χ0v) is 13.2. The number of rotatable bonds is 5. The highest BCUT2D eigenvalue weighted by Crippen LogP contribution is 2.10. The molecule has 2 aromatic heterocycles. The number of para-hydroxylation sites is 1. The third kappa shape index (κ3) is 4.42. The number of furan rings is 1. The molecule has 124 valence electrons. The first kappa shape index (κ1) is 16.2. The maximum absolute atomic E-state index is 12.6. The maximum Gasteiger partial charge on any atom is 0.291 e. The number of pyridine rings is 1. The molecular weight excluding hydrogens is 318 g/mol. The van der Waals surface area contributed by atoms with E-state index in [9.17, 15) is 9.59 Å². The van der Waals surface area contributed by atoms with E-state index in [0.29, 0.717) is 11.3 Å². The van der Waals surface area contributed by atoms with Crippen molar-refractivity contribution < 1.29 is 14.0 Å². The first-order valence-electron chi connectivity index (χ1n) is 7.55.